The molecule has 3 N–H and O–H groups in total. The molecule has 104 valence electrons. The number of hydrogen-bond acceptors (Lipinski definition) is 3. The first-order valence-electron chi connectivity index (χ1n) is 6.57. The maximum Gasteiger partial charge on any atom is 0.253 e. The molecule has 1 aliphatic rings. The van der Waals surface area contributed by atoms with Crippen molar-refractivity contribution in [2.45, 2.75) is 37.5 Å². The number of benzene rings is 1. The summed E-state index contributed by atoms with van der Waals surface area (Å²) in [5, 5.41) is 3.63. The molecule has 1 aromatic rings. The third kappa shape index (κ3) is 3.62. The van der Waals surface area contributed by atoms with Crippen molar-refractivity contribution in [3.8, 4) is 0 Å². The van der Waals surface area contributed by atoms with Crippen LogP contribution in [-0.2, 0) is 0 Å². The highest BCUT2D eigenvalue weighted by atomic mass is 32.2. The second-order valence-corrected chi connectivity index (χ2v) is 6.37. The molecule has 1 amide bonds. The van der Waals surface area contributed by atoms with Crippen molar-refractivity contribution in [2.75, 3.05) is 11.5 Å². The molecule has 0 radical (unpaired) electrons. The molecule has 1 aromatic carbocycles. The van der Waals surface area contributed by atoms with Crippen molar-refractivity contribution in [3.63, 3.8) is 0 Å². The van der Waals surface area contributed by atoms with Crippen molar-refractivity contribution < 1.29 is 9.18 Å². The molecule has 0 spiro atoms. The Hall–Kier alpha value is -1.23. The first-order chi connectivity index (χ1) is 9.10. The molecule has 1 saturated carbocycles. The van der Waals surface area contributed by atoms with Crippen LogP contribution < -0.4 is 11.1 Å². The number of nitrogen functional groups attached to an aromatic ring is 1. The Morgan fingerprint density at radius 3 is 3.00 bits per heavy atom. The van der Waals surface area contributed by atoms with Gasteiger partial charge in [0.2, 0.25) is 0 Å². The highest BCUT2D eigenvalue weighted by Gasteiger charge is 2.26. The van der Waals surface area contributed by atoms with Crippen LogP contribution in [0.4, 0.5) is 10.1 Å². The number of rotatable bonds is 4. The van der Waals surface area contributed by atoms with E-state index in [2.05, 4.69) is 12.2 Å². The molecule has 2 rings (SSSR count). The molecule has 0 heterocycles. The fraction of sp³-hybridized carbons (Fsp3) is 0.500. The van der Waals surface area contributed by atoms with Crippen molar-refractivity contribution in [1.82, 2.24) is 5.32 Å². The van der Waals surface area contributed by atoms with Crippen LogP contribution in [0, 0.1) is 5.82 Å². The van der Waals surface area contributed by atoms with Gasteiger partial charge in [0.15, 0.2) is 0 Å². The zero-order chi connectivity index (χ0) is 13.8. The molecule has 5 heteroatoms. The summed E-state index contributed by atoms with van der Waals surface area (Å²) < 4.78 is 12.9. The summed E-state index contributed by atoms with van der Waals surface area (Å²) in [5.41, 5.74) is 6.21. The van der Waals surface area contributed by atoms with Gasteiger partial charge in [0.25, 0.3) is 5.91 Å². The van der Waals surface area contributed by atoms with Gasteiger partial charge in [0, 0.05) is 17.0 Å². The van der Waals surface area contributed by atoms with Gasteiger partial charge >= 0.3 is 0 Å². The molecule has 2 atom stereocenters. The van der Waals surface area contributed by atoms with Gasteiger partial charge in [-0.15, -0.1) is 0 Å². The summed E-state index contributed by atoms with van der Waals surface area (Å²) >= 11 is 1.95. The molecule has 1 aliphatic carbocycles. The zero-order valence-corrected chi connectivity index (χ0v) is 11.8. The zero-order valence-electron chi connectivity index (χ0n) is 11.0. The van der Waals surface area contributed by atoms with E-state index in [0.717, 1.165) is 25.0 Å². The first-order valence-corrected chi connectivity index (χ1v) is 7.62. The number of hydrogen-bond donors (Lipinski definition) is 2. The number of carbonyl (C=O) groups is 1. The number of anilines is 1. The Morgan fingerprint density at radius 1 is 1.53 bits per heavy atom. The van der Waals surface area contributed by atoms with Gasteiger partial charge in [0.05, 0.1) is 5.56 Å². The molecule has 0 aromatic heterocycles. The van der Waals surface area contributed by atoms with Crippen LogP contribution in [0.2, 0.25) is 0 Å². The summed E-state index contributed by atoms with van der Waals surface area (Å²) in [5.74, 6) is 0.481. The smallest absolute Gasteiger partial charge is 0.253 e. The molecule has 2 unspecified atom stereocenters. The third-order valence-electron chi connectivity index (χ3n) is 3.38. The molecule has 3 nitrogen and oxygen atoms in total. The van der Waals surface area contributed by atoms with Crippen LogP contribution in [0.3, 0.4) is 0 Å². The fourth-order valence-electron chi connectivity index (χ4n) is 2.46. The fourth-order valence-corrected chi connectivity index (χ4v) is 3.60. The summed E-state index contributed by atoms with van der Waals surface area (Å²) in [6, 6.07) is 4.09. The highest BCUT2D eigenvalue weighted by Crippen LogP contribution is 2.30. The average molecular weight is 282 g/mol. The van der Waals surface area contributed by atoms with Gasteiger partial charge in [-0.05, 0) is 43.2 Å². The predicted molar refractivity (Wildman–Crippen MR) is 77.8 cm³/mol. The summed E-state index contributed by atoms with van der Waals surface area (Å²) in [6.07, 6.45) is 3.15. The monoisotopic (exact) mass is 282 g/mol. The summed E-state index contributed by atoms with van der Waals surface area (Å²) in [6.45, 7) is 2.15. The van der Waals surface area contributed by atoms with Gasteiger partial charge in [-0.3, -0.25) is 4.79 Å². The normalized spacial score (nSPS) is 22.4. The van der Waals surface area contributed by atoms with Gasteiger partial charge in [-0.1, -0.05) is 6.92 Å². The second kappa shape index (κ2) is 6.28. The van der Waals surface area contributed by atoms with Gasteiger partial charge in [0.1, 0.15) is 5.82 Å². The quantitative estimate of drug-likeness (QED) is 0.835. The van der Waals surface area contributed by atoms with Crippen LogP contribution in [0.5, 0.6) is 0 Å². The predicted octanol–water partition coefficient (Wildman–Crippen LogP) is 2.81. The summed E-state index contributed by atoms with van der Waals surface area (Å²) in [4.78, 5) is 12.1. The number of halogens is 1. The topological polar surface area (TPSA) is 55.1 Å². The van der Waals surface area contributed by atoms with E-state index < -0.39 is 5.82 Å². The Kier molecular flexibility index (Phi) is 4.69. The molecule has 0 saturated heterocycles. The van der Waals surface area contributed by atoms with E-state index in [0.29, 0.717) is 10.8 Å². The van der Waals surface area contributed by atoms with Crippen molar-refractivity contribution in [3.05, 3.63) is 29.6 Å². The lowest BCUT2D eigenvalue weighted by Crippen LogP contribution is -2.33. The van der Waals surface area contributed by atoms with E-state index in [-0.39, 0.29) is 17.6 Å². The van der Waals surface area contributed by atoms with Gasteiger partial charge in [-0.25, -0.2) is 4.39 Å². The molecular weight excluding hydrogens is 263 g/mol. The maximum atomic E-state index is 12.9. The average Bonchev–Trinajstić information content (AvgIpc) is 2.76. The Bertz CT molecular complexity index is 467. The lowest BCUT2D eigenvalue weighted by atomic mass is 10.1. The van der Waals surface area contributed by atoms with E-state index in [4.69, 9.17) is 5.73 Å². The van der Waals surface area contributed by atoms with Crippen LogP contribution in [-0.4, -0.2) is 23.0 Å². The third-order valence-corrected chi connectivity index (χ3v) is 4.61. The lowest BCUT2D eigenvalue weighted by molar-refractivity contribution is 0.0939. The van der Waals surface area contributed by atoms with E-state index in [1.54, 1.807) is 0 Å². The van der Waals surface area contributed by atoms with Crippen LogP contribution in [0.15, 0.2) is 18.2 Å². The largest absolute Gasteiger partial charge is 0.398 e. The summed E-state index contributed by atoms with van der Waals surface area (Å²) in [7, 11) is 0. The number of carbonyl (C=O) groups excluding carboxylic acids is 1. The van der Waals surface area contributed by atoms with E-state index in [9.17, 15) is 9.18 Å². The van der Waals surface area contributed by atoms with Gasteiger partial charge < -0.3 is 11.1 Å². The molecule has 19 heavy (non-hydrogen) atoms. The minimum Gasteiger partial charge on any atom is -0.398 e. The van der Waals surface area contributed by atoms with E-state index >= 15 is 0 Å². The number of nitrogens with one attached hydrogen (secondary N) is 1. The minimum absolute atomic E-state index is 0.190. The standard InChI is InChI=1S/C14H19FN2OS/c1-2-19-11-5-4-10(8-11)17-14(18)12-6-3-9(15)7-13(12)16/h3,6-7,10-11H,2,4-5,8,16H2,1H3,(H,17,18). The molecule has 0 aliphatic heterocycles. The minimum atomic E-state index is -0.422. The van der Waals surface area contributed by atoms with Gasteiger partial charge in [-0.2, -0.15) is 11.8 Å². The van der Waals surface area contributed by atoms with E-state index in [1.165, 1.54) is 18.2 Å². The van der Waals surface area contributed by atoms with Crippen molar-refractivity contribution >= 4 is 23.4 Å². The molecule has 0 bridgehead atoms. The first kappa shape index (κ1) is 14.2. The van der Waals surface area contributed by atoms with Crippen LogP contribution in [0.25, 0.3) is 0 Å². The maximum absolute atomic E-state index is 12.9. The van der Waals surface area contributed by atoms with E-state index in [1.807, 2.05) is 11.8 Å². The molecule has 1 fully saturated rings. The van der Waals surface area contributed by atoms with Crippen molar-refractivity contribution in [2.24, 2.45) is 0 Å². The number of amides is 1. The Balaban J connectivity index is 1.94. The van der Waals surface area contributed by atoms with Crippen LogP contribution in [0.1, 0.15) is 36.5 Å². The number of nitrogens with two attached hydrogens (primary N) is 1. The van der Waals surface area contributed by atoms with Crippen LogP contribution >= 0.6 is 11.8 Å². The number of thioether (sulfide) groups is 1. The Labute approximate surface area is 117 Å². The lowest BCUT2D eigenvalue weighted by Gasteiger charge is -2.14. The SMILES string of the molecule is CCSC1CCC(NC(=O)c2ccc(F)cc2N)C1. The molecular formula is C14H19FN2OS. The second-order valence-electron chi connectivity index (χ2n) is 4.79. The van der Waals surface area contributed by atoms with Crippen molar-refractivity contribution in [1.29, 1.82) is 0 Å². The highest BCUT2D eigenvalue weighted by molar-refractivity contribution is 7.99. The Morgan fingerprint density at radius 2 is 2.32 bits per heavy atom.